The Morgan fingerprint density at radius 3 is 2.52 bits per heavy atom. The second-order valence-electron chi connectivity index (χ2n) is 6.36. The molecule has 0 aliphatic rings. The van der Waals surface area contributed by atoms with Gasteiger partial charge in [0.05, 0.1) is 12.9 Å². The van der Waals surface area contributed by atoms with Crippen molar-refractivity contribution in [2.24, 2.45) is 0 Å². The summed E-state index contributed by atoms with van der Waals surface area (Å²) in [6.45, 7) is 2.00. The van der Waals surface area contributed by atoms with Crippen LogP contribution in [-0.4, -0.2) is 41.0 Å². The van der Waals surface area contributed by atoms with E-state index >= 15 is 0 Å². The second kappa shape index (κ2) is 9.88. The zero-order valence-electron chi connectivity index (χ0n) is 16.1. The Morgan fingerprint density at radius 1 is 1.10 bits per heavy atom. The van der Waals surface area contributed by atoms with Crippen molar-refractivity contribution in [3.05, 3.63) is 65.7 Å². The molecule has 7 nitrogen and oxygen atoms in total. The lowest BCUT2D eigenvalue weighted by molar-refractivity contribution is -0.144. The number of aryl methyl sites for hydroxylation is 1. The van der Waals surface area contributed by atoms with Crippen molar-refractivity contribution in [2.45, 2.75) is 24.6 Å². The van der Waals surface area contributed by atoms with E-state index in [-0.39, 0.29) is 16.9 Å². The number of nitrogens with one attached hydrogen (secondary N) is 1. The van der Waals surface area contributed by atoms with Crippen LogP contribution in [0.4, 0.5) is 0 Å². The van der Waals surface area contributed by atoms with E-state index in [1.54, 1.807) is 0 Å². The largest absolute Gasteiger partial charge is 0.467 e. The average Bonchev–Trinajstić information content (AvgIpc) is 3.21. The third kappa shape index (κ3) is 5.92. The molecule has 1 heterocycles. The number of amides is 1. The quantitative estimate of drug-likeness (QED) is 0.450. The van der Waals surface area contributed by atoms with Gasteiger partial charge in [-0.25, -0.2) is 4.79 Å². The highest BCUT2D eigenvalue weighted by Gasteiger charge is 2.22. The molecule has 0 bridgehead atoms. The third-order valence-corrected chi connectivity index (χ3v) is 4.95. The molecule has 0 saturated heterocycles. The van der Waals surface area contributed by atoms with Gasteiger partial charge in [-0.15, -0.1) is 10.2 Å². The molecular formula is C21H21N3O4S. The first kappa shape index (κ1) is 20.6. The summed E-state index contributed by atoms with van der Waals surface area (Å²) in [5.41, 5.74) is 2.87. The summed E-state index contributed by atoms with van der Waals surface area (Å²) in [7, 11) is 1.30. The third-order valence-electron chi connectivity index (χ3n) is 4.14. The fourth-order valence-corrected chi connectivity index (χ4v) is 3.20. The zero-order valence-corrected chi connectivity index (χ0v) is 16.9. The monoisotopic (exact) mass is 411 g/mol. The lowest BCUT2D eigenvalue weighted by atomic mass is 10.1. The highest BCUT2D eigenvalue weighted by Crippen LogP contribution is 2.23. The van der Waals surface area contributed by atoms with Gasteiger partial charge in [0.25, 0.3) is 5.22 Å². The van der Waals surface area contributed by atoms with Gasteiger partial charge in [-0.3, -0.25) is 4.79 Å². The van der Waals surface area contributed by atoms with Gasteiger partial charge in [-0.1, -0.05) is 59.8 Å². The topological polar surface area (TPSA) is 94.3 Å². The molecule has 150 valence electrons. The van der Waals surface area contributed by atoms with Gasteiger partial charge in [-0.05, 0) is 24.6 Å². The van der Waals surface area contributed by atoms with E-state index < -0.39 is 12.0 Å². The number of carbonyl (C=O) groups excluding carboxylic acids is 2. The molecule has 0 fully saturated rings. The van der Waals surface area contributed by atoms with Crippen LogP contribution in [0.5, 0.6) is 0 Å². The predicted octanol–water partition coefficient (Wildman–Crippen LogP) is 3.04. The minimum absolute atomic E-state index is 0.0395. The summed E-state index contributed by atoms with van der Waals surface area (Å²) in [6.07, 6.45) is 0.349. The van der Waals surface area contributed by atoms with Gasteiger partial charge in [0.15, 0.2) is 0 Å². The molecule has 1 amide bonds. The molecule has 0 spiro atoms. The molecule has 1 aromatic heterocycles. The predicted molar refractivity (Wildman–Crippen MR) is 109 cm³/mol. The molecule has 0 radical (unpaired) electrons. The highest BCUT2D eigenvalue weighted by molar-refractivity contribution is 7.99. The molecule has 3 rings (SSSR count). The van der Waals surface area contributed by atoms with Crippen LogP contribution in [0.2, 0.25) is 0 Å². The van der Waals surface area contributed by atoms with Crippen molar-refractivity contribution >= 4 is 23.6 Å². The van der Waals surface area contributed by atoms with Gasteiger partial charge in [0, 0.05) is 12.0 Å². The number of carbonyl (C=O) groups is 2. The van der Waals surface area contributed by atoms with Crippen LogP contribution in [0.3, 0.4) is 0 Å². The normalized spacial score (nSPS) is 11.7. The molecule has 8 heteroatoms. The van der Waals surface area contributed by atoms with E-state index in [4.69, 9.17) is 9.15 Å². The molecule has 0 aliphatic carbocycles. The van der Waals surface area contributed by atoms with Crippen molar-refractivity contribution in [3.8, 4) is 11.5 Å². The fourth-order valence-electron chi connectivity index (χ4n) is 2.63. The summed E-state index contributed by atoms with van der Waals surface area (Å²) >= 11 is 1.11. The number of ether oxygens (including phenoxy) is 1. The lowest BCUT2D eigenvalue weighted by Crippen LogP contribution is -2.43. The fraction of sp³-hybridized carbons (Fsp3) is 0.238. The van der Waals surface area contributed by atoms with Crippen LogP contribution >= 0.6 is 11.8 Å². The lowest BCUT2D eigenvalue weighted by Gasteiger charge is -2.16. The van der Waals surface area contributed by atoms with Crippen molar-refractivity contribution in [1.82, 2.24) is 15.5 Å². The van der Waals surface area contributed by atoms with Gasteiger partial charge in [0.2, 0.25) is 11.8 Å². The standard InChI is InChI=1S/C21H21N3O4S/c1-14-8-10-16(11-9-14)19-23-24-21(28-19)29-13-18(25)22-17(20(26)27-2)12-15-6-4-3-5-7-15/h3-11,17H,12-13H2,1-2H3,(H,22,25)/t17-/m1/s1. The maximum atomic E-state index is 12.3. The Hall–Kier alpha value is -3.13. The molecule has 0 unspecified atom stereocenters. The summed E-state index contributed by atoms with van der Waals surface area (Å²) in [6, 6.07) is 16.4. The Kier molecular flexibility index (Phi) is 7.02. The van der Waals surface area contributed by atoms with Crippen LogP contribution in [0, 0.1) is 6.92 Å². The van der Waals surface area contributed by atoms with Crippen molar-refractivity contribution in [2.75, 3.05) is 12.9 Å². The molecule has 2 aromatic carbocycles. The van der Waals surface area contributed by atoms with Crippen LogP contribution in [-0.2, 0) is 20.7 Å². The number of benzene rings is 2. The minimum Gasteiger partial charge on any atom is -0.467 e. The number of esters is 1. The molecule has 1 atom stereocenters. The van der Waals surface area contributed by atoms with Gasteiger partial charge in [-0.2, -0.15) is 0 Å². The van der Waals surface area contributed by atoms with Gasteiger partial charge >= 0.3 is 5.97 Å². The van der Waals surface area contributed by atoms with Crippen LogP contribution in [0.1, 0.15) is 11.1 Å². The van der Waals surface area contributed by atoms with Crippen LogP contribution in [0.15, 0.2) is 64.2 Å². The molecule has 3 aromatic rings. The summed E-state index contributed by atoms with van der Waals surface area (Å²) in [5, 5.41) is 11.0. The summed E-state index contributed by atoms with van der Waals surface area (Å²) in [4.78, 5) is 24.3. The number of nitrogens with zero attached hydrogens (tertiary/aromatic N) is 2. The van der Waals surface area contributed by atoms with E-state index in [9.17, 15) is 9.59 Å². The van der Waals surface area contributed by atoms with E-state index in [0.717, 1.165) is 28.5 Å². The SMILES string of the molecule is COC(=O)[C@@H](Cc1ccccc1)NC(=O)CSc1nnc(-c2ccc(C)cc2)o1. The van der Waals surface area contributed by atoms with E-state index in [1.165, 1.54) is 7.11 Å². The second-order valence-corrected chi connectivity index (χ2v) is 7.29. The van der Waals surface area contributed by atoms with E-state index in [2.05, 4.69) is 15.5 Å². The Balaban J connectivity index is 1.56. The molecular weight excluding hydrogens is 390 g/mol. The van der Waals surface area contributed by atoms with E-state index in [0.29, 0.717) is 12.3 Å². The smallest absolute Gasteiger partial charge is 0.328 e. The van der Waals surface area contributed by atoms with Crippen molar-refractivity contribution in [3.63, 3.8) is 0 Å². The van der Waals surface area contributed by atoms with Crippen molar-refractivity contribution < 1.29 is 18.7 Å². The first-order valence-corrected chi connectivity index (χ1v) is 9.98. The van der Waals surface area contributed by atoms with Gasteiger partial charge < -0.3 is 14.5 Å². The summed E-state index contributed by atoms with van der Waals surface area (Å²) in [5.74, 6) is -0.384. The molecule has 0 aliphatic heterocycles. The highest BCUT2D eigenvalue weighted by atomic mass is 32.2. The summed E-state index contributed by atoms with van der Waals surface area (Å²) < 4.78 is 10.4. The van der Waals surface area contributed by atoms with Gasteiger partial charge in [0.1, 0.15) is 6.04 Å². The van der Waals surface area contributed by atoms with Crippen LogP contribution < -0.4 is 5.32 Å². The number of hydrogen-bond donors (Lipinski definition) is 1. The number of thioether (sulfide) groups is 1. The zero-order chi connectivity index (χ0) is 20.6. The number of hydrogen-bond acceptors (Lipinski definition) is 7. The Labute approximate surface area is 172 Å². The van der Waals surface area contributed by atoms with Crippen molar-refractivity contribution in [1.29, 1.82) is 0 Å². The number of methoxy groups -OCH3 is 1. The first-order valence-electron chi connectivity index (χ1n) is 8.99. The Bertz CT molecular complexity index is 958. The van der Waals surface area contributed by atoms with E-state index in [1.807, 2.05) is 61.5 Å². The average molecular weight is 411 g/mol. The first-order chi connectivity index (χ1) is 14.0. The molecule has 29 heavy (non-hydrogen) atoms. The maximum absolute atomic E-state index is 12.3. The number of rotatable bonds is 8. The van der Waals surface area contributed by atoms with Crippen LogP contribution in [0.25, 0.3) is 11.5 Å². The maximum Gasteiger partial charge on any atom is 0.328 e. The Morgan fingerprint density at radius 2 is 1.83 bits per heavy atom. The number of aromatic nitrogens is 2. The molecule has 0 saturated carbocycles. The minimum atomic E-state index is -0.763. The molecule has 1 N–H and O–H groups in total.